The van der Waals surface area contributed by atoms with Crippen molar-refractivity contribution >= 4 is 6.41 Å². The molecule has 0 N–H and O–H groups in total. The molecule has 1 unspecified atom stereocenters. The molecule has 5 nitrogen and oxygen atoms in total. The van der Waals surface area contributed by atoms with Crippen LogP contribution >= 0.6 is 0 Å². The Kier molecular flexibility index (Phi) is 10.3. The van der Waals surface area contributed by atoms with E-state index < -0.39 is 0 Å². The van der Waals surface area contributed by atoms with E-state index in [1.165, 1.54) is 16.7 Å². The average Bonchev–Trinajstić information content (AvgIpc) is 2.85. The first-order valence-electron chi connectivity index (χ1n) is 12.3. The lowest BCUT2D eigenvalue weighted by Gasteiger charge is -2.35. The standard InChI is InChI=1S/C16H24O3.C13H15NO/c1-13-8-9-16(12-18-13)19-14(2)10-17-11-15-6-4-3-5-7-15;1-10(2)13-12-6-4-3-5-11(12)7-8-14(13)9-15/h3-7,13-14,16H,8-12H2,1-2H3;3-6,9,13H,1,7-8H2,2H3/t13-,14-,16?;13-/m00/s1. The third-order valence-corrected chi connectivity index (χ3v) is 6.27. The Labute approximate surface area is 204 Å². The summed E-state index contributed by atoms with van der Waals surface area (Å²) in [7, 11) is 0. The van der Waals surface area contributed by atoms with Crippen molar-refractivity contribution in [3.63, 3.8) is 0 Å². The molecule has 1 amide bonds. The number of amides is 1. The smallest absolute Gasteiger partial charge is 0.210 e. The van der Waals surface area contributed by atoms with Gasteiger partial charge in [-0.3, -0.25) is 4.79 Å². The Balaban J connectivity index is 0.000000196. The van der Waals surface area contributed by atoms with Gasteiger partial charge >= 0.3 is 0 Å². The van der Waals surface area contributed by atoms with Gasteiger partial charge in [0.2, 0.25) is 6.41 Å². The molecule has 2 aliphatic rings. The summed E-state index contributed by atoms with van der Waals surface area (Å²) in [6, 6.07) is 18.6. The topological polar surface area (TPSA) is 48.0 Å². The van der Waals surface area contributed by atoms with Gasteiger partial charge < -0.3 is 19.1 Å². The number of nitrogens with zero attached hydrogens (tertiary/aromatic N) is 1. The normalized spacial score (nSPS) is 22.7. The minimum atomic E-state index is 0.0625. The van der Waals surface area contributed by atoms with Gasteiger partial charge in [-0.2, -0.15) is 0 Å². The molecule has 2 heterocycles. The van der Waals surface area contributed by atoms with Crippen LogP contribution in [0.4, 0.5) is 0 Å². The lowest BCUT2D eigenvalue weighted by atomic mass is 9.89. The molecule has 1 fully saturated rings. The van der Waals surface area contributed by atoms with Crippen LogP contribution in [-0.2, 0) is 32.0 Å². The van der Waals surface area contributed by atoms with Crippen LogP contribution in [0, 0.1) is 0 Å². The van der Waals surface area contributed by atoms with Gasteiger partial charge in [0, 0.05) is 6.54 Å². The summed E-state index contributed by atoms with van der Waals surface area (Å²) in [5.74, 6) is 0. The Morgan fingerprint density at radius 3 is 2.59 bits per heavy atom. The van der Waals surface area contributed by atoms with E-state index in [1.807, 2.05) is 42.2 Å². The fourth-order valence-corrected chi connectivity index (χ4v) is 4.50. The van der Waals surface area contributed by atoms with Gasteiger partial charge in [-0.05, 0) is 56.7 Å². The van der Waals surface area contributed by atoms with Gasteiger partial charge in [-0.15, -0.1) is 0 Å². The van der Waals surface area contributed by atoms with E-state index in [-0.39, 0.29) is 18.2 Å². The summed E-state index contributed by atoms with van der Waals surface area (Å²) in [6.45, 7) is 12.9. The van der Waals surface area contributed by atoms with Crippen molar-refractivity contribution in [3.05, 3.63) is 83.4 Å². The zero-order valence-electron chi connectivity index (χ0n) is 20.8. The molecule has 0 aromatic heterocycles. The molecule has 0 saturated carbocycles. The predicted molar refractivity (Wildman–Crippen MR) is 136 cm³/mol. The summed E-state index contributed by atoms with van der Waals surface area (Å²) in [5, 5.41) is 0. The van der Waals surface area contributed by atoms with Crippen molar-refractivity contribution in [1.82, 2.24) is 4.90 Å². The highest BCUT2D eigenvalue weighted by Gasteiger charge is 2.26. The highest BCUT2D eigenvalue weighted by Crippen LogP contribution is 2.32. The molecular weight excluding hydrogens is 426 g/mol. The van der Waals surface area contributed by atoms with Crippen molar-refractivity contribution < 1.29 is 19.0 Å². The van der Waals surface area contributed by atoms with Gasteiger partial charge in [-0.25, -0.2) is 0 Å². The number of rotatable bonds is 8. The molecule has 2 aliphatic heterocycles. The third-order valence-electron chi connectivity index (χ3n) is 6.27. The third kappa shape index (κ3) is 7.79. The number of hydrogen-bond acceptors (Lipinski definition) is 4. The molecule has 0 bridgehead atoms. The second-order valence-electron chi connectivity index (χ2n) is 9.33. The van der Waals surface area contributed by atoms with Gasteiger partial charge in [0.15, 0.2) is 0 Å². The van der Waals surface area contributed by atoms with Gasteiger partial charge in [0.05, 0.1) is 44.2 Å². The van der Waals surface area contributed by atoms with E-state index in [0.29, 0.717) is 25.9 Å². The predicted octanol–water partition coefficient (Wildman–Crippen LogP) is 5.49. The lowest BCUT2D eigenvalue weighted by molar-refractivity contribution is -0.120. The molecule has 2 aromatic rings. The molecule has 5 heteroatoms. The number of ether oxygens (including phenoxy) is 3. The minimum Gasteiger partial charge on any atom is -0.376 e. The van der Waals surface area contributed by atoms with E-state index in [9.17, 15) is 4.79 Å². The van der Waals surface area contributed by atoms with Crippen LogP contribution in [0.2, 0.25) is 0 Å². The molecule has 0 spiro atoms. The second kappa shape index (κ2) is 13.4. The fraction of sp³-hybridized carbons (Fsp3) is 0.483. The highest BCUT2D eigenvalue weighted by atomic mass is 16.6. The van der Waals surface area contributed by atoms with Crippen LogP contribution in [0.1, 0.15) is 56.3 Å². The van der Waals surface area contributed by atoms with Crippen molar-refractivity contribution in [2.45, 2.75) is 71.0 Å². The monoisotopic (exact) mass is 465 g/mol. The van der Waals surface area contributed by atoms with E-state index in [0.717, 1.165) is 37.8 Å². The summed E-state index contributed by atoms with van der Waals surface area (Å²) in [6.07, 6.45) is 4.77. The van der Waals surface area contributed by atoms with Crippen molar-refractivity contribution in [2.75, 3.05) is 19.8 Å². The van der Waals surface area contributed by atoms with E-state index in [4.69, 9.17) is 14.2 Å². The van der Waals surface area contributed by atoms with E-state index in [1.54, 1.807) is 0 Å². The molecule has 4 rings (SSSR count). The molecular formula is C29H39NO4. The number of hydrogen-bond donors (Lipinski definition) is 0. The maximum Gasteiger partial charge on any atom is 0.210 e. The largest absolute Gasteiger partial charge is 0.376 e. The second-order valence-corrected chi connectivity index (χ2v) is 9.33. The molecule has 0 radical (unpaired) electrons. The quantitative estimate of drug-likeness (QED) is 0.382. The minimum absolute atomic E-state index is 0.0625. The molecule has 2 aromatic carbocycles. The summed E-state index contributed by atoms with van der Waals surface area (Å²) in [4.78, 5) is 12.8. The Bertz CT molecular complexity index is 892. The van der Waals surface area contributed by atoms with E-state index in [2.05, 4.69) is 44.7 Å². The highest BCUT2D eigenvalue weighted by molar-refractivity contribution is 5.53. The van der Waals surface area contributed by atoms with Crippen LogP contribution < -0.4 is 0 Å². The molecule has 0 aliphatic carbocycles. The van der Waals surface area contributed by atoms with Crippen molar-refractivity contribution in [3.8, 4) is 0 Å². The summed E-state index contributed by atoms with van der Waals surface area (Å²) in [5.41, 5.74) is 4.78. The summed E-state index contributed by atoms with van der Waals surface area (Å²) < 4.78 is 17.2. The summed E-state index contributed by atoms with van der Waals surface area (Å²) >= 11 is 0. The van der Waals surface area contributed by atoms with Crippen LogP contribution in [0.3, 0.4) is 0 Å². The maximum atomic E-state index is 11.0. The Morgan fingerprint density at radius 2 is 1.91 bits per heavy atom. The first-order chi connectivity index (χ1) is 16.5. The van der Waals surface area contributed by atoms with Crippen LogP contribution in [-0.4, -0.2) is 49.4 Å². The van der Waals surface area contributed by atoms with Gasteiger partial charge in [-0.1, -0.05) is 66.7 Å². The van der Waals surface area contributed by atoms with Gasteiger partial charge in [0.25, 0.3) is 0 Å². The lowest BCUT2D eigenvalue weighted by Crippen LogP contribution is -2.34. The number of fused-ring (bicyclic) bond motifs is 1. The van der Waals surface area contributed by atoms with Crippen LogP contribution in [0.15, 0.2) is 66.7 Å². The SMILES string of the molecule is C=C(C)[C@H]1c2ccccc2CCN1C=O.C[C@H]1CCC(O[C@@H](C)COCc2ccccc2)CO1. The van der Waals surface area contributed by atoms with E-state index >= 15 is 0 Å². The fourth-order valence-electron chi connectivity index (χ4n) is 4.50. The van der Waals surface area contributed by atoms with Crippen molar-refractivity contribution in [2.24, 2.45) is 0 Å². The first-order valence-corrected chi connectivity index (χ1v) is 12.3. The number of carbonyl (C=O) groups excluding carboxylic acids is 1. The average molecular weight is 466 g/mol. The van der Waals surface area contributed by atoms with Crippen LogP contribution in [0.5, 0.6) is 0 Å². The Morgan fingerprint density at radius 1 is 1.18 bits per heavy atom. The zero-order valence-corrected chi connectivity index (χ0v) is 20.8. The van der Waals surface area contributed by atoms with Crippen LogP contribution in [0.25, 0.3) is 0 Å². The number of benzene rings is 2. The zero-order chi connectivity index (χ0) is 24.3. The molecule has 34 heavy (non-hydrogen) atoms. The molecule has 4 atom stereocenters. The molecule has 1 saturated heterocycles. The molecule has 184 valence electrons. The van der Waals surface area contributed by atoms with Crippen molar-refractivity contribution in [1.29, 1.82) is 0 Å². The maximum absolute atomic E-state index is 11.0. The first kappa shape index (κ1) is 26.1. The van der Waals surface area contributed by atoms with Gasteiger partial charge in [0.1, 0.15) is 0 Å². The number of carbonyl (C=O) groups is 1. The Hall–Kier alpha value is -2.47.